The molecule has 11 heavy (non-hydrogen) atoms. The summed E-state index contributed by atoms with van der Waals surface area (Å²) in [6.07, 6.45) is 2.58. The van der Waals surface area contributed by atoms with Crippen LogP contribution in [0.1, 0.15) is 16.9 Å². The van der Waals surface area contributed by atoms with Crippen molar-refractivity contribution in [1.82, 2.24) is 5.32 Å². The molecule has 2 rings (SSSR count). The van der Waals surface area contributed by atoms with Gasteiger partial charge in [-0.15, -0.1) is 23.7 Å². The molecule has 0 aromatic carbocycles. The maximum Gasteiger partial charge on any atom is 0.0216 e. The molecule has 0 saturated heterocycles. The molecular formula is C8H12ClNS. The summed E-state index contributed by atoms with van der Waals surface area (Å²) in [4.78, 5) is 1.59. The van der Waals surface area contributed by atoms with Crippen LogP contribution in [0.25, 0.3) is 0 Å². The topological polar surface area (TPSA) is 12.0 Å². The normalized spacial score (nSPS) is 16.4. The number of hydrogen-bond acceptors (Lipinski definition) is 2. The number of aryl methyl sites for hydroxylation is 1. The molecule has 1 aromatic heterocycles. The zero-order valence-corrected chi connectivity index (χ0v) is 7.93. The lowest BCUT2D eigenvalue weighted by Gasteiger charge is -1.94. The number of halogens is 1. The molecule has 0 radical (unpaired) electrons. The van der Waals surface area contributed by atoms with E-state index in [1.807, 2.05) is 11.3 Å². The van der Waals surface area contributed by atoms with Crippen molar-refractivity contribution in [3.63, 3.8) is 0 Å². The van der Waals surface area contributed by atoms with Crippen LogP contribution in [0.5, 0.6) is 0 Å². The lowest BCUT2D eigenvalue weighted by Crippen LogP contribution is -2.11. The van der Waals surface area contributed by atoms with E-state index in [9.17, 15) is 0 Å². The zero-order chi connectivity index (χ0) is 6.81. The summed E-state index contributed by atoms with van der Waals surface area (Å²) in [7, 11) is 0. The SMILES string of the molecule is Cl.c1cc2c(s1)CCCNC2. The van der Waals surface area contributed by atoms with Gasteiger partial charge in [0, 0.05) is 11.4 Å². The quantitative estimate of drug-likeness (QED) is 0.660. The summed E-state index contributed by atoms with van der Waals surface area (Å²) < 4.78 is 0. The van der Waals surface area contributed by atoms with Gasteiger partial charge in [0.05, 0.1) is 0 Å². The fourth-order valence-corrected chi connectivity index (χ4v) is 2.29. The molecule has 1 aromatic rings. The second-order valence-corrected chi connectivity index (χ2v) is 3.65. The highest BCUT2D eigenvalue weighted by molar-refractivity contribution is 7.10. The molecule has 1 nitrogen and oxygen atoms in total. The van der Waals surface area contributed by atoms with Gasteiger partial charge in [-0.05, 0) is 36.4 Å². The molecule has 0 atom stereocenters. The van der Waals surface area contributed by atoms with Gasteiger partial charge in [-0.1, -0.05) is 0 Å². The monoisotopic (exact) mass is 189 g/mol. The van der Waals surface area contributed by atoms with Gasteiger partial charge in [-0.2, -0.15) is 0 Å². The van der Waals surface area contributed by atoms with E-state index in [4.69, 9.17) is 0 Å². The van der Waals surface area contributed by atoms with Crippen LogP contribution in [-0.4, -0.2) is 6.54 Å². The van der Waals surface area contributed by atoms with E-state index >= 15 is 0 Å². The summed E-state index contributed by atoms with van der Waals surface area (Å²) in [5, 5.41) is 5.59. The standard InChI is InChI=1S/C8H11NS.ClH/c1-2-8-7(3-5-10-8)6-9-4-1;/h3,5,9H,1-2,4,6H2;1H. The van der Waals surface area contributed by atoms with Crippen molar-refractivity contribution in [3.05, 3.63) is 21.9 Å². The minimum atomic E-state index is 0. The minimum absolute atomic E-state index is 0. The second-order valence-electron chi connectivity index (χ2n) is 2.65. The van der Waals surface area contributed by atoms with E-state index in [-0.39, 0.29) is 12.4 Å². The molecule has 62 valence electrons. The van der Waals surface area contributed by atoms with E-state index in [1.54, 1.807) is 4.88 Å². The van der Waals surface area contributed by atoms with Crippen molar-refractivity contribution >= 4 is 23.7 Å². The Kier molecular flexibility index (Phi) is 3.37. The van der Waals surface area contributed by atoms with E-state index in [1.165, 1.54) is 24.9 Å². The molecule has 0 aliphatic carbocycles. The Balaban J connectivity index is 0.000000605. The fourth-order valence-electron chi connectivity index (χ4n) is 1.34. The van der Waals surface area contributed by atoms with Crippen LogP contribution in [0.4, 0.5) is 0 Å². The smallest absolute Gasteiger partial charge is 0.0216 e. The van der Waals surface area contributed by atoms with E-state index < -0.39 is 0 Å². The third-order valence-electron chi connectivity index (χ3n) is 1.91. The van der Waals surface area contributed by atoms with Gasteiger partial charge < -0.3 is 5.32 Å². The van der Waals surface area contributed by atoms with Crippen molar-refractivity contribution < 1.29 is 0 Å². The molecule has 0 amide bonds. The second kappa shape index (κ2) is 4.10. The van der Waals surface area contributed by atoms with E-state index in [2.05, 4.69) is 16.8 Å². The summed E-state index contributed by atoms with van der Waals surface area (Å²) in [6, 6.07) is 2.23. The third kappa shape index (κ3) is 1.95. The summed E-state index contributed by atoms with van der Waals surface area (Å²) in [5.41, 5.74) is 1.52. The molecule has 0 bridgehead atoms. The number of fused-ring (bicyclic) bond motifs is 1. The predicted molar refractivity (Wildman–Crippen MR) is 51.6 cm³/mol. The van der Waals surface area contributed by atoms with Crippen molar-refractivity contribution in [1.29, 1.82) is 0 Å². The maximum atomic E-state index is 3.40. The molecule has 0 fully saturated rings. The van der Waals surface area contributed by atoms with Crippen LogP contribution < -0.4 is 5.32 Å². The average Bonchev–Trinajstić information content (AvgIpc) is 2.28. The van der Waals surface area contributed by atoms with Crippen LogP contribution in [0.3, 0.4) is 0 Å². The molecule has 1 aliphatic heterocycles. The highest BCUT2D eigenvalue weighted by Crippen LogP contribution is 2.19. The van der Waals surface area contributed by atoms with Gasteiger partial charge in [0.25, 0.3) is 0 Å². The maximum absolute atomic E-state index is 3.40. The Hall–Kier alpha value is -0.0500. The molecular weight excluding hydrogens is 178 g/mol. The van der Waals surface area contributed by atoms with Crippen LogP contribution >= 0.6 is 23.7 Å². The van der Waals surface area contributed by atoms with Gasteiger partial charge in [0.1, 0.15) is 0 Å². The van der Waals surface area contributed by atoms with Crippen LogP contribution in [0.15, 0.2) is 11.4 Å². The molecule has 0 spiro atoms. The first-order valence-electron chi connectivity index (χ1n) is 3.73. The van der Waals surface area contributed by atoms with Gasteiger partial charge in [-0.3, -0.25) is 0 Å². The number of nitrogens with one attached hydrogen (secondary N) is 1. The molecule has 0 unspecified atom stereocenters. The molecule has 3 heteroatoms. The zero-order valence-electron chi connectivity index (χ0n) is 6.30. The van der Waals surface area contributed by atoms with Crippen molar-refractivity contribution in [3.8, 4) is 0 Å². The van der Waals surface area contributed by atoms with Crippen LogP contribution in [0, 0.1) is 0 Å². The van der Waals surface area contributed by atoms with Gasteiger partial charge >= 0.3 is 0 Å². The van der Waals surface area contributed by atoms with E-state index in [0.717, 1.165) is 6.54 Å². The molecule has 0 saturated carbocycles. The highest BCUT2D eigenvalue weighted by Gasteiger charge is 2.06. The van der Waals surface area contributed by atoms with Crippen LogP contribution in [0.2, 0.25) is 0 Å². The largest absolute Gasteiger partial charge is 0.313 e. The number of thiophene rings is 1. The first kappa shape index (κ1) is 9.04. The molecule has 1 N–H and O–H groups in total. The average molecular weight is 190 g/mol. The summed E-state index contributed by atoms with van der Waals surface area (Å²) in [5.74, 6) is 0. The Morgan fingerprint density at radius 1 is 1.45 bits per heavy atom. The van der Waals surface area contributed by atoms with Crippen molar-refractivity contribution in [2.24, 2.45) is 0 Å². The first-order valence-corrected chi connectivity index (χ1v) is 4.61. The highest BCUT2D eigenvalue weighted by atomic mass is 35.5. The fraction of sp³-hybridized carbons (Fsp3) is 0.500. The first-order chi connectivity index (χ1) is 4.97. The minimum Gasteiger partial charge on any atom is -0.313 e. The Bertz CT molecular complexity index is 201. The van der Waals surface area contributed by atoms with Gasteiger partial charge in [-0.25, -0.2) is 0 Å². The lowest BCUT2D eigenvalue weighted by atomic mass is 10.2. The number of hydrogen-bond donors (Lipinski definition) is 1. The molecule has 2 heterocycles. The van der Waals surface area contributed by atoms with Crippen molar-refractivity contribution in [2.75, 3.05) is 6.54 Å². The van der Waals surface area contributed by atoms with Crippen molar-refractivity contribution in [2.45, 2.75) is 19.4 Å². The predicted octanol–water partition coefficient (Wildman–Crippen LogP) is 2.21. The Morgan fingerprint density at radius 2 is 2.36 bits per heavy atom. The molecule has 1 aliphatic rings. The van der Waals surface area contributed by atoms with Crippen LogP contribution in [-0.2, 0) is 13.0 Å². The lowest BCUT2D eigenvalue weighted by molar-refractivity contribution is 0.681. The summed E-state index contributed by atoms with van der Waals surface area (Å²) >= 11 is 1.90. The van der Waals surface area contributed by atoms with Gasteiger partial charge in [0.2, 0.25) is 0 Å². The van der Waals surface area contributed by atoms with E-state index in [0.29, 0.717) is 0 Å². The Labute approximate surface area is 77.2 Å². The summed E-state index contributed by atoms with van der Waals surface area (Å²) in [6.45, 7) is 2.26. The Morgan fingerprint density at radius 3 is 3.27 bits per heavy atom. The third-order valence-corrected chi connectivity index (χ3v) is 2.93. The van der Waals surface area contributed by atoms with Gasteiger partial charge in [0.15, 0.2) is 0 Å². The number of rotatable bonds is 0.